The van der Waals surface area contributed by atoms with E-state index in [1.54, 1.807) is 12.0 Å². The summed E-state index contributed by atoms with van der Waals surface area (Å²) in [5, 5.41) is 19.4. The van der Waals surface area contributed by atoms with Gasteiger partial charge in [0.15, 0.2) is 0 Å². The first-order valence-corrected chi connectivity index (χ1v) is 8.70. The van der Waals surface area contributed by atoms with E-state index in [9.17, 15) is 19.8 Å². The maximum absolute atomic E-state index is 13.2. The lowest BCUT2D eigenvalue weighted by molar-refractivity contribution is 0.0601. The zero-order valence-electron chi connectivity index (χ0n) is 14.8. The van der Waals surface area contributed by atoms with Crippen LogP contribution in [0.3, 0.4) is 0 Å². The number of methoxy groups -OCH3 is 1. The van der Waals surface area contributed by atoms with Gasteiger partial charge in [-0.3, -0.25) is 4.79 Å². The minimum atomic E-state index is -1.18. The molecule has 0 bridgehead atoms. The van der Waals surface area contributed by atoms with Crippen LogP contribution in [-0.2, 0) is 6.42 Å². The number of benzene rings is 2. The first-order chi connectivity index (χ1) is 13.0. The van der Waals surface area contributed by atoms with Gasteiger partial charge in [0.1, 0.15) is 17.2 Å². The zero-order valence-corrected chi connectivity index (χ0v) is 14.8. The SMILES string of the molecule is COc1ccc2c(c1)C(N1CCc3c(O)cc(C(=O)O)cc3C1=O)CCO2. The van der Waals surface area contributed by atoms with Crippen molar-refractivity contribution in [1.29, 1.82) is 0 Å². The molecule has 2 N–H and O–H groups in total. The second kappa shape index (κ2) is 6.50. The van der Waals surface area contributed by atoms with Crippen molar-refractivity contribution in [3.63, 3.8) is 0 Å². The normalized spacial score (nSPS) is 18.3. The van der Waals surface area contributed by atoms with Crippen molar-refractivity contribution in [2.45, 2.75) is 18.9 Å². The van der Waals surface area contributed by atoms with Gasteiger partial charge in [0.05, 0.1) is 25.3 Å². The first-order valence-electron chi connectivity index (χ1n) is 8.70. The van der Waals surface area contributed by atoms with Crippen LogP contribution in [0.15, 0.2) is 30.3 Å². The lowest BCUT2D eigenvalue weighted by Crippen LogP contribution is -2.42. The van der Waals surface area contributed by atoms with Crippen LogP contribution in [0.5, 0.6) is 17.2 Å². The van der Waals surface area contributed by atoms with Gasteiger partial charge < -0.3 is 24.6 Å². The van der Waals surface area contributed by atoms with E-state index in [1.165, 1.54) is 12.1 Å². The third kappa shape index (κ3) is 2.85. The number of rotatable bonds is 3. The number of carboxylic acids is 1. The predicted molar refractivity (Wildman–Crippen MR) is 95.7 cm³/mol. The highest BCUT2D eigenvalue weighted by Gasteiger charge is 2.35. The number of fused-ring (bicyclic) bond motifs is 2. The molecule has 27 heavy (non-hydrogen) atoms. The van der Waals surface area contributed by atoms with Crippen LogP contribution in [0.4, 0.5) is 0 Å². The number of aromatic hydroxyl groups is 1. The third-order valence-corrected chi connectivity index (χ3v) is 5.17. The highest BCUT2D eigenvalue weighted by molar-refractivity contribution is 6.00. The number of carbonyl (C=O) groups is 2. The second-order valence-corrected chi connectivity index (χ2v) is 6.63. The molecular weight excluding hydrogens is 350 g/mol. The highest BCUT2D eigenvalue weighted by Crippen LogP contribution is 2.41. The molecule has 2 aliphatic rings. The lowest BCUT2D eigenvalue weighted by Gasteiger charge is -2.38. The van der Waals surface area contributed by atoms with Crippen molar-refractivity contribution in [3.05, 3.63) is 52.6 Å². The van der Waals surface area contributed by atoms with Crippen molar-refractivity contribution in [2.24, 2.45) is 0 Å². The summed E-state index contributed by atoms with van der Waals surface area (Å²) in [6, 6.07) is 7.85. The van der Waals surface area contributed by atoms with E-state index in [-0.39, 0.29) is 28.8 Å². The molecule has 0 spiro atoms. The number of ether oxygens (including phenoxy) is 2. The summed E-state index contributed by atoms with van der Waals surface area (Å²) in [5.74, 6) is -0.214. The molecule has 0 aromatic heterocycles. The van der Waals surface area contributed by atoms with E-state index in [2.05, 4.69) is 0 Å². The minimum Gasteiger partial charge on any atom is -0.508 e. The molecule has 2 aliphatic heterocycles. The molecule has 2 heterocycles. The monoisotopic (exact) mass is 369 g/mol. The van der Waals surface area contributed by atoms with Gasteiger partial charge in [0, 0.05) is 29.7 Å². The fraction of sp³-hybridized carbons (Fsp3) is 0.300. The van der Waals surface area contributed by atoms with Crippen LogP contribution >= 0.6 is 0 Å². The largest absolute Gasteiger partial charge is 0.508 e. The molecule has 1 unspecified atom stereocenters. The molecule has 0 fully saturated rings. The molecule has 0 radical (unpaired) electrons. The molecule has 0 saturated carbocycles. The Morgan fingerprint density at radius 3 is 2.85 bits per heavy atom. The van der Waals surface area contributed by atoms with Gasteiger partial charge in [-0.15, -0.1) is 0 Å². The van der Waals surface area contributed by atoms with Gasteiger partial charge in [-0.05, 0) is 36.8 Å². The predicted octanol–water partition coefficient (Wildman–Crippen LogP) is 2.62. The standard InChI is InChI=1S/C20H19NO6/c1-26-12-2-3-18-15(10-12)16(5-7-27-18)21-6-4-13-14(19(21)23)8-11(20(24)25)9-17(13)22/h2-3,8-10,16,22H,4-7H2,1H3,(H,24,25). The minimum absolute atomic E-state index is 0.101. The second-order valence-electron chi connectivity index (χ2n) is 6.63. The van der Waals surface area contributed by atoms with Crippen LogP contribution in [0.2, 0.25) is 0 Å². The Hall–Kier alpha value is -3.22. The van der Waals surface area contributed by atoms with Crippen molar-refractivity contribution >= 4 is 11.9 Å². The number of hydrogen-bond donors (Lipinski definition) is 2. The first kappa shape index (κ1) is 17.2. The fourth-order valence-corrected chi connectivity index (χ4v) is 3.82. The number of nitrogens with zero attached hydrogens (tertiary/aromatic N) is 1. The Kier molecular flexibility index (Phi) is 4.14. The molecule has 1 amide bonds. The number of carboxylic acid groups (broad SMARTS) is 1. The number of phenols is 1. The van der Waals surface area contributed by atoms with E-state index in [1.807, 2.05) is 18.2 Å². The van der Waals surface area contributed by atoms with E-state index in [0.29, 0.717) is 43.1 Å². The third-order valence-electron chi connectivity index (χ3n) is 5.17. The topological polar surface area (TPSA) is 96.3 Å². The number of phenolic OH excluding ortho intramolecular Hbond substituents is 1. The molecule has 7 nitrogen and oxygen atoms in total. The molecule has 4 rings (SSSR count). The maximum atomic E-state index is 13.2. The summed E-state index contributed by atoms with van der Waals surface area (Å²) >= 11 is 0. The van der Waals surface area contributed by atoms with Crippen LogP contribution in [0.25, 0.3) is 0 Å². The average Bonchev–Trinajstić information content (AvgIpc) is 2.67. The molecule has 2 aromatic rings. The van der Waals surface area contributed by atoms with E-state index in [0.717, 1.165) is 5.56 Å². The maximum Gasteiger partial charge on any atom is 0.335 e. The van der Waals surface area contributed by atoms with Crippen molar-refractivity contribution in [2.75, 3.05) is 20.3 Å². The average molecular weight is 369 g/mol. The Balaban J connectivity index is 1.74. The Labute approximate surface area is 155 Å². The van der Waals surface area contributed by atoms with Gasteiger partial charge in [-0.1, -0.05) is 0 Å². The highest BCUT2D eigenvalue weighted by atomic mass is 16.5. The van der Waals surface area contributed by atoms with E-state index < -0.39 is 5.97 Å². The molecule has 0 aliphatic carbocycles. The zero-order chi connectivity index (χ0) is 19.1. The summed E-state index contributed by atoms with van der Waals surface area (Å²) in [4.78, 5) is 26.2. The molecular formula is C20H19NO6. The van der Waals surface area contributed by atoms with Crippen molar-refractivity contribution < 1.29 is 29.3 Å². The number of aromatic carboxylic acids is 1. The quantitative estimate of drug-likeness (QED) is 0.863. The molecule has 0 saturated heterocycles. The van der Waals surface area contributed by atoms with Crippen molar-refractivity contribution in [1.82, 2.24) is 4.90 Å². The summed E-state index contributed by atoms with van der Waals surface area (Å²) in [5.41, 5.74) is 1.51. The summed E-state index contributed by atoms with van der Waals surface area (Å²) in [6.07, 6.45) is 1.09. The number of amides is 1. The van der Waals surface area contributed by atoms with E-state index in [4.69, 9.17) is 9.47 Å². The van der Waals surface area contributed by atoms with Crippen molar-refractivity contribution in [3.8, 4) is 17.2 Å². The van der Waals surface area contributed by atoms with Gasteiger partial charge >= 0.3 is 5.97 Å². The molecule has 2 aromatic carbocycles. The number of hydrogen-bond acceptors (Lipinski definition) is 5. The van der Waals surface area contributed by atoms with Crippen LogP contribution in [0.1, 0.15) is 44.3 Å². The van der Waals surface area contributed by atoms with E-state index >= 15 is 0 Å². The summed E-state index contributed by atoms with van der Waals surface area (Å²) in [7, 11) is 1.58. The number of carbonyl (C=O) groups excluding carboxylic acids is 1. The van der Waals surface area contributed by atoms with Gasteiger partial charge in [0.2, 0.25) is 0 Å². The Morgan fingerprint density at radius 2 is 2.11 bits per heavy atom. The van der Waals surface area contributed by atoms with Crippen LogP contribution < -0.4 is 9.47 Å². The van der Waals surface area contributed by atoms with Gasteiger partial charge in [-0.25, -0.2) is 4.79 Å². The molecule has 140 valence electrons. The Bertz CT molecular complexity index is 938. The summed E-state index contributed by atoms with van der Waals surface area (Å²) < 4.78 is 11.0. The van der Waals surface area contributed by atoms with Gasteiger partial charge in [-0.2, -0.15) is 0 Å². The Morgan fingerprint density at radius 1 is 1.30 bits per heavy atom. The van der Waals surface area contributed by atoms with Crippen LogP contribution in [0, 0.1) is 0 Å². The van der Waals surface area contributed by atoms with Gasteiger partial charge in [0.25, 0.3) is 5.91 Å². The fourth-order valence-electron chi connectivity index (χ4n) is 3.82. The van der Waals surface area contributed by atoms with Crippen LogP contribution in [-0.4, -0.2) is 47.3 Å². The molecule has 7 heteroatoms. The lowest BCUT2D eigenvalue weighted by atomic mass is 9.91. The summed E-state index contributed by atoms with van der Waals surface area (Å²) in [6.45, 7) is 0.925. The smallest absolute Gasteiger partial charge is 0.335 e. The molecule has 1 atom stereocenters.